The second-order valence-corrected chi connectivity index (χ2v) is 5.02. The number of benzene rings is 2. The number of phenolic OH excluding ortho intramolecular Hbond substituents is 1. The molecule has 0 saturated carbocycles. The summed E-state index contributed by atoms with van der Waals surface area (Å²) in [6, 6.07) is 14.1. The van der Waals surface area contributed by atoms with Crippen molar-refractivity contribution in [3.63, 3.8) is 0 Å². The lowest BCUT2D eigenvalue weighted by molar-refractivity contribution is 0.475. The van der Waals surface area contributed by atoms with Crippen molar-refractivity contribution < 1.29 is 5.11 Å². The monoisotopic (exact) mass is 255 g/mol. The Labute approximate surface area is 115 Å². The Hall–Kier alpha value is -1.96. The Bertz CT molecular complexity index is 546. The molecule has 0 radical (unpaired) electrons. The first-order chi connectivity index (χ1) is 9.10. The minimum atomic E-state index is 0.265. The maximum atomic E-state index is 9.36. The van der Waals surface area contributed by atoms with Crippen molar-refractivity contribution in [1.29, 1.82) is 0 Å². The first-order valence-corrected chi connectivity index (χ1v) is 6.73. The van der Waals surface area contributed by atoms with E-state index in [1.807, 2.05) is 12.1 Å². The molecule has 0 aliphatic carbocycles. The van der Waals surface area contributed by atoms with Crippen LogP contribution < -0.4 is 5.32 Å². The van der Waals surface area contributed by atoms with E-state index in [-0.39, 0.29) is 6.04 Å². The Morgan fingerprint density at radius 1 is 1.05 bits per heavy atom. The van der Waals surface area contributed by atoms with Crippen molar-refractivity contribution in [2.24, 2.45) is 0 Å². The van der Waals surface area contributed by atoms with Gasteiger partial charge in [0.15, 0.2) is 0 Å². The van der Waals surface area contributed by atoms with Crippen molar-refractivity contribution in [2.45, 2.75) is 33.2 Å². The molecule has 1 atom stereocenters. The number of hydrogen-bond acceptors (Lipinski definition) is 2. The van der Waals surface area contributed by atoms with Crippen LogP contribution in [0, 0.1) is 13.8 Å². The van der Waals surface area contributed by atoms with E-state index in [1.165, 1.54) is 22.4 Å². The van der Waals surface area contributed by atoms with Gasteiger partial charge >= 0.3 is 0 Å². The van der Waals surface area contributed by atoms with E-state index < -0.39 is 0 Å². The molecule has 0 heterocycles. The van der Waals surface area contributed by atoms with Gasteiger partial charge in [0, 0.05) is 5.69 Å². The molecule has 0 fully saturated rings. The van der Waals surface area contributed by atoms with E-state index in [0.717, 1.165) is 6.42 Å². The highest BCUT2D eigenvalue weighted by Crippen LogP contribution is 2.26. The van der Waals surface area contributed by atoms with Crippen LogP contribution in [0.3, 0.4) is 0 Å². The first kappa shape index (κ1) is 13.5. The van der Waals surface area contributed by atoms with Crippen molar-refractivity contribution in [3.05, 3.63) is 59.2 Å². The average molecular weight is 255 g/mol. The van der Waals surface area contributed by atoms with E-state index in [9.17, 15) is 5.11 Å². The highest BCUT2D eigenvalue weighted by Gasteiger charge is 2.10. The zero-order valence-corrected chi connectivity index (χ0v) is 11.8. The summed E-state index contributed by atoms with van der Waals surface area (Å²) in [5, 5.41) is 13.0. The van der Waals surface area contributed by atoms with Gasteiger partial charge < -0.3 is 10.4 Å². The molecule has 2 heteroatoms. The third kappa shape index (κ3) is 3.28. The fraction of sp³-hybridized carbons (Fsp3) is 0.294. The number of hydrogen-bond donors (Lipinski definition) is 2. The largest absolute Gasteiger partial charge is 0.508 e. The Morgan fingerprint density at radius 3 is 2.37 bits per heavy atom. The molecule has 2 nitrogen and oxygen atoms in total. The molecule has 0 spiro atoms. The van der Waals surface area contributed by atoms with Gasteiger partial charge in [0.1, 0.15) is 5.75 Å². The molecule has 19 heavy (non-hydrogen) atoms. The molecule has 0 saturated heterocycles. The summed E-state index contributed by atoms with van der Waals surface area (Å²) in [7, 11) is 0. The van der Waals surface area contributed by atoms with Gasteiger partial charge in [-0.1, -0.05) is 31.2 Å². The van der Waals surface area contributed by atoms with E-state index in [4.69, 9.17) is 0 Å². The van der Waals surface area contributed by atoms with Crippen molar-refractivity contribution in [3.8, 4) is 5.75 Å². The number of rotatable bonds is 4. The average Bonchev–Trinajstić information content (AvgIpc) is 2.41. The summed E-state index contributed by atoms with van der Waals surface area (Å²) < 4.78 is 0. The summed E-state index contributed by atoms with van der Waals surface area (Å²) in [5.74, 6) is 0.310. The fourth-order valence-electron chi connectivity index (χ4n) is 2.21. The summed E-state index contributed by atoms with van der Waals surface area (Å²) >= 11 is 0. The van der Waals surface area contributed by atoms with Crippen LogP contribution in [0.15, 0.2) is 42.5 Å². The van der Waals surface area contributed by atoms with Crippen LogP contribution in [0.25, 0.3) is 0 Å². The van der Waals surface area contributed by atoms with Gasteiger partial charge in [-0.15, -0.1) is 0 Å². The number of phenols is 1. The van der Waals surface area contributed by atoms with Gasteiger partial charge in [-0.25, -0.2) is 0 Å². The number of aryl methyl sites for hydroxylation is 2. The maximum Gasteiger partial charge on any atom is 0.115 e. The minimum Gasteiger partial charge on any atom is -0.508 e. The van der Waals surface area contributed by atoms with Crippen LogP contribution in [-0.4, -0.2) is 5.11 Å². The Kier molecular flexibility index (Phi) is 4.10. The summed E-state index contributed by atoms with van der Waals surface area (Å²) in [6.07, 6.45) is 0.998. The molecule has 100 valence electrons. The lowest BCUT2D eigenvalue weighted by Gasteiger charge is -2.20. The van der Waals surface area contributed by atoms with E-state index in [1.54, 1.807) is 12.1 Å². The molecule has 0 aromatic heterocycles. The SMILES string of the molecule is CCC(Nc1cc(C)ccc1C)c1ccc(O)cc1. The number of nitrogens with one attached hydrogen (secondary N) is 1. The third-order valence-electron chi connectivity index (χ3n) is 3.43. The molecule has 0 bridgehead atoms. The smallest absolute Gasteiger partial charge is 0.115 e. The van der Waals surface area contributed by atoms with Crippen molar-refractivity contribution in [1.82, 2.24) is 0 Å². The lowest BCUT2D eigenvalue weighted by atomic mass is 10.0. The first-order valence-electron chi connectivity index (χ1n) is 6.73. The molecule has 2 rings (SSSR count). The summed E-state index contributed by atoms with van der Waals surface area (Å²) in [5.41, 5.74) is 4.89. The highest BCUT2D eigenvalue weighted by atomic mass is 16.3. The van der Waals surface area contributed by atoms with E-state index >= 15 is 0 Å². The molecule has 2 aromatic rings. The highest BCUT2D eigenvalue weighted by molar-refractivity contribution is 5.54. The van der Waals surface area contributed by atoms with E-state index in [0.29, 0.717) is 5.75 Å². The van der Waals surface area contributed by atoms with Crippen LogP contribution in [0.4, 0.5) is 5.69 Å². The molecular formula is C17H21NO. The minimum absolute atomic E-state index is 0.265. The van der Waals surface area contributed by atoms with Crippen molar-refractivity contribution in [2.75, 3.05) is 5.32 Å². The molecule has 2 N–H and O–H groups in total. The summed E-state index contributed by atoms with van der Waals surface area (Å²) in [6.45, 7) is 6.38. The van der Waals surface area contributed by atoms with Crippen LogP contribution in [-0.2, 0) is 0 Å². The second kappa shape index (κ2) is 5.79. The van der Waals surface area contributed by atoms with Gasteiger partial charge in [-0.2, -0.15) is 0 Å². The van der Waals surface area contributed by atoms with Gasteiger partial charge in [-0.05, 0) is 55.2 Å². The van der Waals surface area contributed by atoms with Crippen LogP contribution in [0.1, 0.15) is 36.1 Å². The Balaban J connectivity index is 2.23. The predicted octanol–water partition coefficient (Wildman–Crippen LogP) is 4.57. The maximum absolute atomic E-state index is 9.36. The normalized spacial score (nSPS) is 12.2. The zero-order chi connectivity index (χ0) is 13.8. The molecular weight excluding hydrogens is 234 g/mol. The third-order valence-corrected chi connectivity index (χ3v) is 3.43. The van der Waals surface area contributed by atoms with Crippen LogP contribution in [0.5, 0.6) is 5.75 Å². The van der Waals surface area contributed by atoms with Gasteiger partial charge in [0.05, 0.1) is 6.04 Å². The topological polar surface area (TPSA) is 32.3 Å². The quantitative estimate of drug-likeness (QED) is 0.838. The lowest BCUT2D eigenvalue weighted by Crippen LogP contribution is -2.10. The molecule has 0 aliphatic heterocycles. The number of anilines is 1. The molecule has 1 unspecified atom stereocenters. The number of aromatic hydroxyl groups is 1. The van der Waals surface area contributed by atoms with Crippen LogP contribution >= 0.6 is 0 Å². The van der Waals surface area contributed by atoms with Gasteiger partial charge in [-0.3, -0.25) is 0 Å². The van der Waals surface area contributed by atoms with Gasteiger partial charge in [0.2, 0.25) is 0 Å². The zero-order valence-electron chi connectivity index (χ0n) is 11.8. The molecule has 0 aliphatic rings. The standard InChI is InChI=1S/C17H21NO/c1-4-16(14-7-9-15(19)10-8-14)18-17-11-12(2)5-6-13(17)3/h5-11,16,18-19H,4H2,1-3H3. The van der Waals surface area contributed by atoms with Crippen molar-refractivity contribution >= 4 is 5.69 Å². The fourth-order valence-corrected chi connectivity index (χ4v) is 2.21. The van der Waals surface area contributed by atoms with Gasteiger partial charge in [0.25, 0.3) is 0 Å². The molecule has 2 aromatic carbocycles. The molecule has 0 amide bonds. The van der Waals surface area contributed by atoms with E-state index in [2.05, 4.69) is 44.3 Å². The summed E-state index contributed by atoms with van der Waals surface area (Å²) in [4.78, 5) is 0. The van der Waals surface area contributed by atoms with Crippen LogP contribution in [0.2, 0.25) is 0 Å². The predicted molar refractivity (Wildman–Crippen MR) is 80.7 cm³/mol. The second-order valence-electron chi connectivity index (χ2n) is 5.02. The Morgan fingerprint density at radius 2 is 1.74 bits per heavy atom.